The normalized spacial score (nSPS) is 19.1. The number of primary amides is 1. The molecule has 20 heavy (non-hydrogen) atoms. The van der Waals surface area contributed by atoms with Gasteiger partial charge in [-0.1, -0.05) is 0 Å². The van der Waals surface area contributed by atoms with Gasteiger partial charge < -0.3 is 10.6 Å². The lowest BCUT2D eigenvalue weighted by molar-refractivity contribution is -0.123. The monoisotopic (exact) mass is 297 g/mol. The molecule has 1 unspecified atom stereocenters. The first-order chi connectivity index (χ1) is 9.26. The van der Waals surface area contributed by atoms with Gasteiger partial charge in [0.15, 0.2) is 0 Å². The Morgan fingerprint density at radius 1 is 1.35 bits per heavy atom. The second-order valence-corrected chi connectivity index (χ2v) is 6.48. The Hall–Kier alpha value is -2.09. The Kier molecular flexibility index (Phi) is 3.67. The summed E-state index contributed by atoms with van der Waals surface area (Å²) in [5, 5.41) is 0. The van der Waals surface area contributed by atoms with E-state index >= 15 is 0 Å². The summed E-state index contributed by atoms with van der Waals surface area (Å²) in [5.41, 5.74) is 6.22. The summed E-state index contributed by atoms with van der Waals surface area (Å²) in [6.07, 6.45) is 1.17. The molecular formula is C12H15N3O4S. The van der Waals surface area contributed by atoms with E-state index in [1.165, 1.54) is 4.90 Å². The molecule has 1 heterocycles. The molecule has 1 aromatic carbocycles. The van der Waals surface area contributed by atoms with Gasteiger partial charge in [-0.15, -0.1) is 0 Å². The van der Waals surface area contributed by atoms with Crippen molar-refractivity contribution in [1.82, 2.24) is 0 Å². The van der Waals surface area contributed by atoms with Crippen LogP contribution in [0.2, 0.25) is 0 Å². The number of hydrogen-bond donors (Lipinski definition) is 2. The van der Waals surface area contributed by atoms with Gasteiger partial charge >= 0.3 is 0 Å². The third kappa shape index (κ3) is 3.27. The number of rotatable bonds is 4. The molecular weight excluding hydrogens is 282 g/mol. The van der Waals surface area contributed by atoms with E-state index in [1.807, 2.05) is 0 Å². The van der Waals surface area contributed by atoms with E-state index in [9.17, 15) is 18.0 Å². The first-order valence-corrected chi connectivity index (χ1v) is 7.83. The smallest absolute Gasteiger partial charge is 0.229 e. The van der Waals surface area contributed by atoms with Crippen LogP contribution in [0.15, 0.2) is 24.3 Å². The van der Waals surface area contributed by atoms with Gasteiger partial charge in [-0.25, -0.2) is 8.42 Å². The topological polar surface area (TPSA) is 110 Å². The Balaban J connectivity index is 2.15. The number of sulfonamides is 1. The standard InChI is InChI=1S/C12H15N3O4S/c1-20(18,19)14-9-2-4-10(5-3-9)15-7-8(12(13)17)6-11(15)16/h2-5,8,14H,6-7H2,1H3,(H2,13,17). The molecule has 7 nitrogen and oxygen atoms in total. The Morgan fingerprint density at radius 2 is 1.95 bits per heavy atom. The van der Waals surface area contributed by atoms with Crippen molar-refractivity contribution in [2.45, 2.75) is 6.42 Å². The van der Waals surface area contributed by atoms with Crippen LogP contribution in [0.4, 0.5) is 11.4 Å². The predicted molar refractivity (Wildman–Crippen MR) is 74.6 cm³/mol. The van der Waals surface area contributed by atoms with Crippen LogP contribution in [0.1, 0.15) is 6.42 Å². The van der Waals surface area contributed by atoms with E-state index in [1.54, 1.807) is 24.3 Å². The minimum Gasteiger partial charge on any atom is -0.369 e. The van der Waals surface area contributed by atoms with E-state index < -0.39 is 21.8 Å². The largest absolute Gasteiger partial charge is 0.369 e. The summed E-state index contributed by atoms with van der Waals surface area (Å²) < 4.78 is 24.5. The van der Waals surface area contributed by atoms with Gasteiger partial charge in [-0.3, -0.25) is 14.3 Å². The molecule has 0 radical (unpaired) electrons. The van der Waals surface area contributed by atoms with Crippen LogP contribution >= 0.6 is 0 Å². The number of nitrogens with zero attached hydrogens (tertiary/aromatic N) is 1. The Labute approximate surface area is 116 Å². The average molecular weight is 297 g/mol. The third-order valence-electron chi connectivity index (χ3n) is 3.01. The van der Waals surface area contributed by atoms with Crippen molar-refractivity contribution in [1.29, 1.82) is 0 Å². The van der Waals surface area contributed by atoms with Crippen molar-refractivity contribution >= 4 is 33.2 Å². The molecule has 1 aliphatic heterocycles. The molecule has 2 rings (SSSR count). The maximum Gasteiger partial charge on any atom is 0.229 e. The summed E-state index contributed by atoms with van der Waals surface area (Å²) in [5.74, 6) is -1.13. The molecule has 108 valence electrons. The van der Waals surface area contributed by atoms with Crippen LogP contribution < -0.4 is 15.4 Å². The fourth-order valence-electron chi connectivity index (χ4n) is 2.07. The van der Waals surface area contributed by atoms with Crippen LogP contribution in [0, 0.1) is 5.92 Å². The Morgan fingerprint density at radius 3 is 2.40 bits per heavy atom. The molecule has 1 aromatic rings. The molecule has 0 saturated carbocycles. The second kappa shape index (κ2) is 5.12. The van der Waals surface area contributed by atoms with Crippen molar-refractivity contribution in [2.75, 3.05) is 22.4 Å². The highest BCUT2D eigenvalue weighted by Crippen LogP contribution is 2.26. The minimum absolute atomic E-state index is 0.110. The van der Waals surface area contributed by atoms with Crippen LogP contribution in [0.25, 0.3) is 0 Å². The highest BCUT2D eigenvalue weighted by molar-refractivity contribution is 7.92. The average Bonchev–Trinajstić information content (AvgIpc) is 2.70. The molecule has 2 amide bonds. The molecule has 8 heteroatoms. The molecule has 1 fully saturated rings. The van der Waals surface area contributed by atoms with E-state index in [0.29, 0.717) is 11.4 Å². The van der Waals surface area contributed by atoms with Crippen LogP contribution in [-0.4, -0.2) is 33.0 Å². The van der Waals surface area contributed by atoms with Gasteiger partial charge in [0.1, 0.15) is 0 Å². The molecule has 0 spiro atoms. The number of anilines is 2. The Bertz CT molecular complexity index is 639. The molecule has 1 saturated heterocycles. The van der Waals surface area contributed by atoms with E-state index in [4.69, 9.17) is 5.73 Å². The lowest BCUT2D eigenvalue weighted by Crippen LogP contribution is -2.28. The minimum atomic E-state index is -3.33. The van der Waals surface area contributed by atoms with E-state index in [0.717, 1.165) is 6.26 Å². The van der Waals surface area contributed by atoms with Gasteiger partial charge in [-0.05, 0) is 24.3 Å². The molecule has 3 N–H and O–H groups in total. The van der Waals surface area contributed by atoms with Crippen molar-refractivity contribution in [2.24, 2.45) is 11.7 Å². The van der Waals surface area contributed by atoms with E-state index in [2.05, 4.69) is 4.72 Å². The number of benzene rings is 1. The third-order valence-corrected chi connectivity index (χ3v) is 3.62. The van der Waals surface area contributed by atoms with Gasteiger partial charge in [0, 0.05) is 24.3 Å². The molecule has 1 atom stereocenters. The van der Waals surface area contributed by atoms with Crippen molar-refractivity contribution in [3.8, 4) is 0 Å². The summed E-state index contributed by atoms with van der Waals surface area (Å²) in [6, 6.07) is 6.35. The predicted octanol–water partition coefficient (Wildman–Crippen LogP) is -0.104. The summed E-state index contributed by atoms with van der Waals surface area (Å²) in [7, 11) is -3.33. The number of carbonyl (C=O) groups excluding carboxylic acids is 2. The molecule has 0 aromatic heterocycles. The zero-order valence-electron chi connectivity index (χ0n) is 10.9. The number of nitrogens with two attached hydrogens (primary N) is 1. The fraction of sp³-hybridized carbons (Fsp3) is 0.333. The van der Waals surface area contributed by atoms with Gasteiger partial charge in [-0.2, -0.15) is 0 Å². The van der Waals surface area contributed by atoms with Crippen molar-refractivity contribution in [3.63, 3.8) is 0 Å². The van der Waals surface area contributed by atoms with Crippen LogP contribution in [-0.2, 0) is 19.6 Å². The number of amides is 2. The van der Waals surface area contributed by atoms with E-state index in [-0.39, 0.29) is 18.9 Å². The molecule has 0 aliphatic carbocycles. The van der Waals surface area contributed by atoms with Gasteiger partial charge in [0.2, 0.25) is 21.8 Å². The lowest BCUT2D eigenvalue weighted by atomic mass is 10.1. The lowest BCUT2D eigenvalue weighted by Gasteiger charge is -2.16. The fourth-order valence-corrected chi connectivity index (χ4v) is 2.64. The summed E-state index contributed by atoms with van der Waals surface area (Å²) in [4.78, 5) is 24.4. The van der Waals surface area contributed by atoms with Crippen molar-refractivity contribution in [3.05, 3.63) is 24.3 Å². The van der Waals surface area contributed by atoms with Crippen molar-refractivity contribution < 1.29 is 18.0 Å². The first kappa shape index (κ1) is 14.3. The number of hydrogen-bond acceptors (Lipinski definition) is 4. The number of carbonyl (C=O) groups is 2. The summed E-state index contributed by atoms with van der Waals surface area (Å²) in [6.45, 7) is 0.257. The maximum absolute atomic E-state index is 11.8. The highest BCUT2D eigenvalue weighted by atomic mass is 32.2. The summed E-state index contributed by atoms with van der Waals surface area (Å²) >= 11 is 0. The zero-order valence-corrected chi connectivity index (χ0v) is 11.7. The van der Waals surface area contributed by atoms with Gasteiger partial charge in [0.05, 0.1) is 12.2 Å². The SMILES string of the molecule is CS(=O)(=O)Nc1ccc(N2CC(C(N)=O)CC2=O)cc1. The van der Waals surface area contributed by atoms with Crippen LogP contribution in [0.5, 0.6) is 0 Å². The molecule has 1 aliphatic rings. The van der Waals surface area contributed by atoms with Gasteiger partial charge in [0.25, 0.3) is 0 Å². The number of nitrogens with one attached hydrogen (secondary N) is 1. The quantitative estimate of drug-likeness (QED) is 0.808. The maximum atomic E-state index is 11.8. The van der Waals surface area contributed by atoms with Crippen LogP contribution in [0.3, 0.4) is 0 Å². The highest BCUT2D eigenvalue weighted by Gasteiger charge is 2.33. The zero-order chi connectivity index (χ0) is 14.9. The molecule has 0 bridgehead atoms. The first-order valence-electron chi connectivity index (χ1n) is 5.94. The second-order valence-electron chi connectivity index (χ2n) is 4.73.